The van der Waals surface area contributed by atoms with Gasteiger partial charge in [0, 0.05) is 58.5 Å². The van der Waals surface area contributed by atoms with E-state index in [1.807, 2.05) is 70.6 Å². The predicted molar refractivity (Wildman–Crippen MR) is 141 cm³/mol. The molecule has 2 fully saturated rings. The van der Waals surface area contributed by atoms with Crippen molar-refractivity contribution in [3.8, 4) is 5.75 Å². The van der Waals surface area contributed by atoms with Crippen LogP contribution in [0, 0.1) is 6.92 Å². The summed E-state index contributed by atoms with van der Waals surface area (Å²) in [5, 5.41) is 4.59. The molecule has 0 saturated carbocycles. The van der Waals surface area contributed by atoms with Crippen molar-refractivity contribution in [1.29, 1.82) is 0 Å². The van der Waals surface area contributed by atoms with Crippen molar-refractivity contribution in [2.45, 2.75) is 52.4 Å². The van der Waals surface area contributed by atoms with E-state index in [0.717, 1.165) is 28.3 Å². The molecular weight excluding hydrogens is 481 g/mol. The van der Waals surface area contributed by atoms with Crippen molar-refractivity contribution < 1.29 is 22.5 Å². The Balaban J connectivity index is 1.40. The predicted octanol–water partition coefficient (Wildman–Crippen LogP) is 1.54. The number of nitrogens with zero attached hydrogens (tertiary/aromatic N) is 5. The summed E-state index contributed by atoms with van der Waals surface area (Å²) in [7, 11) is 1.15. The van der Waals surface area contributed by atoms with E-state index in [9.17, 15) is 8.42 Å². The van der Waals surface area contributed by atoms with Gasteiger partial charge in [-0.1, -0.05) is 0 Å². The molecule has 2 aliphatic rings. The molecule has 198 valence electrons. The summed E-state index contributed by atoms with van der Waals surface area (Å²) in [6, 6.07) is 7.90. The molecule has 2 aromatic rings. The van der Waals surface area contributed by atoms with Crippen molar-refractivity contribution in [3.05, 3.63) is 35.7 Å². The second-order valence-electron chi connectivity index (χ2n) is 10.6. The molecule has 0 aliphatic carbocycles. The average molecular weight is 519 g/mol. The number of aryl methyl sites for hydroxylation is 2. The van der Waals surface area contributed by atoms with Gasteiger partial charge >= 0.3 is 7.12 Å². The fourth-order valence-corrected chi connectivity index (χ4v) is 5.56. The molecule has 0 atom stereocenters. The Labute approximate surface area is 215 Å². The highest BCUT2D eigenvalue weighted by Gasteiger charge is 2.53. The summed E-state index contributed by atoms with van der Waals surface area (Å²) in [6.07, 6.45) is 0. The van der Waals surface area contributed by atoms with E-state index in [1.165, 1.54) is 8.61 Å². The van der Waals surface area contributed by atoms with Crippen LogP contribution in [0.15, 0.2) is 24.3 Å². The summed E-state index contributed by atoms with van der Waals surface area (Å²) in [4.78, 5) is 2.19. The Hall–Kier alpha value is -2.12. The van der Waals surface area contributed by atoms with Crippen LogP contribution in [0.1, 0.15) is 39.1 Å². The number of piperazine rings is 1. The molecule has 0 bridgehead atoms. The molecule has 0 spiro atoms. The summed E-state index contributed by atoms with van der Waals surface area (Å²) in [6.45, 7) is 12.6. The van der Waals surface area contributed by atoms with E-state index in [4.69, 9.17) is 14.0 Å². The third kappa shape index (κ3) is 5.01. The fourth-order valence-electron chi connectivity index (χ4n) is 4.47. The monoisotopic (exact) mass is 519 g/mol. The lowest BCUT2D eigenvalue weighted by Crippen LogP contribution is -2.51. The first-order valence-electron chi connectivity index (χ1n) is 12.3. The van der Waals surface area contributed by atoms with E-state index in [1.54, 1.807) is 14.1 Å². The van der Waals surface area contributed by atoms with E-state index in [-0.39, 0.29) is 0 Å². The van der Waals surface area contributed by atoms with Crippen molar-refractivity contribution >= 4 is 28.5 Å². The molecule has 10 nitrogen and oxygen atoms in total. The summed E-state index contributed by atoms with van der Waals surface area (Å²) >= 11 is 0. The molecule has 0 radical (unpaired) electrons. The Morgan fingerprint density at radius 3 is 2.11 bits per heavy atom. The van der Waals surface area contributed by atoms with Crippen LogP contribution in [0.4, 0.5) is 5.69 Å². The van der Waals surface area contributed by atoms with Crippen LogP contribution in [0.5, 0.6) is 5.75 Å². The number of benzene rings is 1. The van der Waals surface area contributed by atoms with Gasteiger partial charge in [0.15, 0.2) is 0 Å². The smallest absolute Gasteiger partial charge is 0.487 e. The molecule has 0 amide bonds. The van der Waals surface area contributed by atoms with E-state index < -0.39 is 28.5 Å². The van der Waals surface area contributed by atoms with Crippen molar-refractivity contribution in [2.75, 3.05) is 45.2 Å². The van der Waals surface area contributed by atoms with Gasteiger partial charge < -0.3 is 18.9 Å². The van der Waals surface area contributed by atoms with Gasteiger partial charge in [-0.05, 0) is 58.9 Å². The molecular formula is C24H38BN5O5S. The summed E-state index contributed by atoms with van der Waals surface area (Å²) < 4.78 is 48.0. The molecule has 2 aliphatic heterocycles. The number of hydrogen-bond donors (Lipinski definition) is 0. The minimum atomic E-state index is -3.38. The Bertz CT molecular complexity index is 1170. The maximum Gasteiger partial charge on any atom is 0.498 e. The van der Waals surface area contributed by atoms with E-state index in [2.05, 4.69) is 10.00 Å². The molecule has 3 heterocycles. The van der Waals surface area contributed by atoms with Gasteiger partial charge in [-0.3, -0.25) is 4.68 Å². The molecule has 2 saturated heterocycles. The topological polar surface area (TPSA) is 89.4 Å². The quantitative estimate of drug-likeness (QED) is 0.513. The van der Waals surface area contributed by atoms with Crippen LogP contribution in [0.3, 0.4) is 0 Å². The first kappa shape index (κ1) is 26.9. The minimum Gasteiger partial charge on any atom is -0.487 e. The van der Waals surface area contributed by atoms with E-state index >= 15 is 0 Å². The highest BCUT2D eigenvalue weighted by atomic mass is 32.2. The number of ether oxygens (including phenoxy) is 1. The summed E-state index contributed by atoms with van der Waals surface area (Å²) in [5.74, 6) is 0.742. The lowest BCUT2D eigenvalue weighted by molar-refractivity contribution is 0.00578. The van der Waals surface area contributed by atoms with Crippen LogP contribution < -0.4 is 15.1 Å². The number of rotatable bonds is 7. The SMILES string of the molecule is Cc1nn(C)c(COc2ccc(N3CCN(S(=O)(=O)N(C)C)CC3)cc2)c1B1OC(C)(C)C(C)(C)O1. The van der Waals surface area contributed by atoms with Crippen molar-refractivity contribution in [3.63, 3.8) is 0 Å². The maximum atomic E-state index is 12.4. The Morgan fingerprint density at radius 1 is 1.03 bits per heavy atom. The molecule has 4 rings (SSSR count). The zero-order chi connectivity index (χ0) is 26.5. The molecule has 0 unspecified atom stereocenters. The van der Waals surface area contributed by atoms with Crippen LogP contribution in [-0.4, -0.2) is 85.4 Å². The lowest BCUT2D eigenvalue weighted by Gasteiger charge is -2.36. The van der Waals surface area contributed by atoms with Gasteiger partial charge in [-0.15, -0.1) is 0 Å². The van der Waals surface area contributed by atoms with Gasteiger partial charge in [0.2, 0.25) is 0 Å². The van der Waals surface area contributed by atoms with Gasteiger partial charge in [0.25, 0.3) is 10.2 Å². The van der Waals surface area contributed by atoms with Gasteiger partial charge in [0.05, 0.1) is 22.6 Å². The maximum absolute atomic E-state index is 12.4. The zero-order valence-electron chi connectivity index (χ0n) is 22.6. The summed E-state index contributed by atoms with van der Waals surface area (Å²) in [5.41, 5.74) is 2.86. The highest BCUT2D eigenvalue weighted by molar-refractivity contribution is 7.86. The second kappa shape index (κ2) is 9.64. The third-order valence-electron chi connectivity index (χ3n) is 7.48. The Kier molecular flexibility index (Phi) is 7.21. The largest absolute Gasteiger partial charge is 0.498 e. The fraction of sp³-hybridized carbons (Fsp3) is 0.625. The van der Waals surface area contributed by atoms with Gasteiger partial charge in [-0.25, -0.2) is 0 Å². The second-order valence-corrected chi connectivity index (χ2v) is 12.8. The number of anilines is 1. The standard InChI is InChI=1S/C24H38BN5O5S/c1-18-22(25-34-23(2,3)24(4,5)35-25)21(28(8)26-18)17-33-20-11-9-19(10-12-20)29-13-15-30(16-14-29)36(31,32)27(6)7/h9-12H,13-17H2,1-8H3. The van der Waals surface area contributed by atoms with Gasteiger partial charge in [0.1, 0.15) is 12.4 Å². The lowest BCUT2D eigenvalue weighted by atomic mass is 9.77. The Morgan fingerprint density at radius 2 is 1.58 bits per heavy atom. The molecule has 12 heteroatoms. The first-order valence-corrected chi connectivity index (χ1v) is 13.7. The highest BCUT2D eigenvalue weighted by Crippen LogP contribution is 2.37. The number of hydrogen-bond acceptors (Lipinski definition) is 7. The normalized spacial score (nSPS) is 20.4. The van der Waals surface area contributed by atoms with E-state index in [0.29, 0.717) is 32.8 Å². The molecule has 0 N–H and O–H groups in total. The van der Waals surface area contributed by atoms with Crippen LogP contribution in [-0.2, 0) is 33.2 Å². The van der Waals surface area contributed by atoms with Crippen LogP contribution in [0.2, 0.25) is 0 Å². The first-order chi connectivity index (χ1) is 16.7. The molecule has 36 heavy (non-hydrogen) atoms. The molecule has 1 aromatic heterocycles. The zero-order valence-corrected chi connectivity index (χ0v) is 23.4. The number of aromatic nitrogens is 2. The van der Waals surface area contributed by atoms with Crippen molar-refractivity contribution in [1.82, 2.24) is 18.4 Å². The van der Waals surface area contributed by atoms with Crippen molar-refractivity contribution in [2.24, 2.45) is 7.05 Å². The average Bonchev–Trinajstić information content (AvgIpc) is 3.21. The minimum absolute atomic E-state index is 0.331. The molecule has 1 aromatic carbocycles. The van der Waals surface area contributed by atoms with Crippen LogP contribution in [0.25, 0.3) is 0 Å². The van der Waals surface area contributed by atoms with Gasteiger partial charge in [-0.2, -0.15) is 22.1 Å². The third-order valence-corrected chi connectivity index (χ3v) is 9.42. The van der Waals surface area contributed by atoms with Crippen LogP contribution >= 0.6 is 0 Å².